The van der Waals surface area contributed by atoms with E-state index in [0.717, 1.165) is 26.2 Å². The van der Waals surface area contributed by atoms with Gasteiger partial charge in [-0.05, 0) is 55.4 Å². The van der Waals surface area contributed by atoms with E-state index in [2.05, 4.69) is 75.0 Å². The third-order valence-electron chi connectivity index (χ3n) is 4.59. The van der Waals surface area contributed by atoms with Gasteiger partial charge in [-0.15, -0.1) is 0 Å². The van der Waals surface area contributed by atoms with Crippen molar-refractivity contribution in [2.24, 2.45) is 0 Å². The number of rotatable bonds is 4. The van der Waals surface area contributed by atoms with Gasteiger partial charge in [0.15, 0.2) is 11.9 Å². The van der Waals surface area contributed by atoms with Gasteiger partial charge in [-0.3, -0.25) is 10.8 Å². The van der Waals surface area contributed by atoms with Gasteiger partial charge < -0.3 is 19.6 Å². The Bertz CT molecular complexity index is 365. The molecule has 6 heteroatoms. The van der Waals surface area contributed by atoms with Crippen LogP contribution >= 0.6 is 0 Å². The maximum absolute atomic E-state index is 8.56. The van der Waals surface area contributed by atoms with Gasteiger partial charge in [0.1, 0.15) is 0 Å². The molecule has 0 aromatic carbocycles. The van der Waals surface area contributed by atoms with Crippen LogP contribution in [-0.2, 0) is 0 Å². The summed E-state index contributed by atoms with van der Waals surface area (Å²) in [6, 6.07) is 1.30. The third kappa shape index (κ3) is 4.77. The van der Waals surface area contributed by atoms with E-state index in [-0.39, 0.29) is 0 Å². The van der Waals surface area contributed by atoms with Crippen molar-refractivity contribution in [2.45, 2.75) is 79.6 Å². The normalized spacial score (nSPS) is 15.7. The lowest BCUT2D eigenvalue weighted by atomic mass is 10.2. The van der Waals surface area contributed by atoms with Crippen LogP contribution in [0.5, 0.6) is 0 Å². The molecule has 1 aliphatic heterocycles. The number of guanidine groups is 2. The first-order valence-electron chi connectivity index (χ1n) is 9.31. The molecule has 6 nitrogen and oxygen atoms in total. The van der Waals surface area contributed by atoms with Crippen LogP contribution in [0.2, 0.25) is 0 Å². The Morgan fingerprint density at radius 2 is 0.792 bits per heavy atom. The van der Waals surface area contributed by atoms with Crippen LogP contribution in [0.25, 0.3) is 0 Å². The quantitative estimate of drug-likeness (QED) is 0.611. The summed E-state index contributed by atoms with van der Waals surface area (Å²) < 4.78 is 0. The van der Waals surface area contributed by atoms with Crippen LogP contribution < -0.4 is 0 Å². The lowest BCUT2D eigenvalue weighted by molar-refractivity contribution is 0.173. The Labute approximate surface area is 148 Å². The minimum absolute atomic E-state index is 0.325. The SMILES string of the molecule is CC(C)N(C(=N)N1CCN(C(=N)N(C(C)C)C(C)C)CC1)C(C)C. The van der Waals surface area contributed by atoms with Crippen molar-refractivity contribution in [3.8, 4) is 0 Å². The van der Waals surface area contributed by atoms with Crippen molar-refractivity contribution in [3.63, 3.8) is 0 Å². The molecule has 0 aliphatic carbocycles. The fourth-order valence-corrected chi connectivity index (χ4v) is 3.63. The lowest BCUT2D eigenvalue weighted by Gasteiger charge is -2.45. The van der Waals surface area contributed by atoms with Gasteiger partial charge in [-0.2, -0.15) is 0 Å². The maximum atomic E-state index is 8.56. The van der Waals surface area contributed by atoms with Gasteiger partial charge in [-0.1, -0.05) is 0 Å². The van der Waals surface area contributed by atoms with Crippen molar-refractivity contribution >= 4 is 11.9 Å². The van der Waals surface area contributed by atoms with Crippen molar-refractivity contribution in [2.75, 3.05) is 26.2 Å². The molecule has 1 saturated heterocycles. The molecule has 0 bridgehead atoms. The summed E-state index contributed by atoms with van der Waals surface area (Å²) >= 11 is 0. The molecule has 0 aromatic rings. The minimum atomic E-state index is 0.325. The van der Waals surface area contributed by atoms with Crippen LogP contribution in [0.1, 0.15) is 55.4 Å². The van der Waals surface area contributed by atoms with E-state index >= 15 is 0 Å². The first-order valence-corrected chi connectivity index (χ1v) is 9.31. The molecule has 2 N–H and O–H groups in total. The molecule has 1 heterocycles. The molecule has 1 rings (SSSR count). The first-order chi connectivity index (χ1) is 11.1. The van der Waals surface area contributed by atoms with E-state index in [4.69, 9.17) is 10.8 Å². The predicted octanol–water partition coefficient (Wildman–Crippen LogP) is 2.71. The van der Waals surface area contributed by atoms with E-state index in [9.17, 15) is 0 Å². The van der Waals surface area contributed by atoms with E-state index in [0.29, 0.717) is 36.1 Å². The molecule has 0 aromatic heterocycles. The molecule has 140 valence electrons. The van der Waals surface area contributed by atoms with Crippen LogP contribution in [0.4, 0.5) is 0 Å². The predicted molar refractivity (Wildman–Crippen MR) is 103 cm³/mol. The number of piperazine rings is 1. The zero-order valence-electron chi connectivity index (χ0n) is 16.9. The molecule has 0 atom stereocenters. The molecule has 0 spiro atoms. The molecule has 1 aliphatic rings. The minimum Gasteiger partial charge on any atom is -0.339 e. The Balaban J connectivity index is 2.69. The van der Waals surface area contributed by atoms with Crippen molar-refractivity contribution in [3.05, 3.63) is 0 Å². The number of hydrogen-bond donors (Lipinski definition) is 2. The number of nitrogens with zero attached hydrogens (tertiary/aromatic N) is 4. The molecule has 1 fully saturated rings. The Morgan fingerprint density at radius 1 is 0.583 bits per heavy atom. The molecular weight excluding hydrogens is 300 g/mol. The summed E-state index contributed by atoms with van der Waals surface area (Å²) in [5.41, 5.74) is 0. The summed E-state index contributed by atoms with van der Waals surface area (Å²) in [6.45, 7) is 20.4. The average Bonchev–Trinajstić information content (AvgIpc) is 2.45. The van der Waals surface area contributed by atoms with Gasteiger partial charge in [0.2, 0.25) is 0 Å². The highest BCUT2D eigenvalue weighted by atomic mass is 15.4. The zero-order chi connectivity index (χ0) is 18.6. The smallest absolute Gasteiger partial charge is 0.194 e. The highest BCUT2D eigenvalue weighted by Crippen LogP contribution is 2.14. The van der Waals surface area contributed by atoms with Gasteiger partial charge in [0.25, 0.3) is 0 Å². The third-order valence-corrected chi connectivity index (χ3v) is 4.59. The summed E-state index contributed by atoms with van der Waals surface area (Å²) in [5, 5.41) is 17.1. The van der Waals surface area contributed by atoms with Gasteiger partial charge >= 0.3 is 0 Å². The number of nitrogens with one attached hydrogen (secondary N) is 2. The van der Waals surface area contributed by atoms with Gasteiger partial charge in [0, 0.05) is 50.3 Å². The van der Waals surface area contributed by atoms with E-state index in [1.807, 2.05) is 0 Å². The highest BCUT2D eigenvalue weighted by Gasteiger charge is 2.29. The molecule has 24 heavy (non-hydrogen) atoms. The van der Waals surface area contributed by atoms with Gasteiger partial charge in [0.05, 0.1) is 0 Å². The second kappa shape index (κ2) is 8.58. The van der Waals surface area contributed by atoms with Crippen LogP contribution in [0.15, 0.2) is 0 Å². The Morgan fingerprint density at radius 3 is 0.958 bits per heavy atom. The van der Waals surface area contributed by atoms with Gasteiger partial charge in [-0.25, -0.2) is 0 Å². The number of hydrogen-bond acceptors (Lipinski definition) is 2. The average molecular weight is 339 g/mol. The van der Waals surface area contributed by atoms with E-state index in [1.54, 1.807) is 0 Å². The van der Waals surface area contributed by atoms with E-state index in [1.165, 1.54) is 0 Å². The van der Waals surface area contributed by atoms with Crippen LogP contribution in [-0.4, -0.2) is 81.9 Å². The summed E-state index contributed by atoms with van der Waals surface area (Å²) in [5.74, 6) is 1.24. The maximum Gasteiger partial charge on any atom is 0.194 e. The Hall–Kier alpha value is -1.46. The molecule has 0 radical (unpaired) electrons. The molecule has 0 saturated carbocycles. The zero-order valence-corrected chi connectivity index (χ0v) is 16.9. The van der Waals surface area contributed by atoms with Crippen LogP contribution in [0, 0.1) is 10.8 Å². The highest BCUT2D eigenvalue weighted by molar-refractivity contribution is 5.80. The standard InChI is InChI=1S/C18H38N6/c1-13(2)23(14(3)4)17(19)21-9-11-22(12-10-21)18(20)24(15(5)6)16(7)8/h13-16,19-20H,9-12H2,1-8H3. The van der Waals surface area contributed by atoms with E-state index < -0.39 is 0 Å². The first kappa shape index (κ1) is 20.6. The monoisotopic (exact) mass is 338 g/mol. The van der Waals surface area contributed by atoms with Crippen molar-refractivity contribution in [1.29, 1.82) is 10.8 Å². The fourth-order valence-electron chi connectivity index (χ4n) is 3.63. The molecule has 0 amide bonds. The second-order valence-electron chi connectivity index (χ2n) is 7.81. The van der Waals surface area contributed by atoms with Crippen molar-refractivity contribution < 1.29 is 0 Å². The molecular formula is C18H38N6. The largest absolute Gasteiger partial charge is 0.339 e. The molecule has 0 unspecified atom stereocenters. The van der Waals surface area contributed by atoms with Crippen LogP contribution in [0.3, 0.4) is 0 Å². The lowest BCUT2D eigenvalue weighted by Crippen LogP contribution is -2.59. The fraction of sp³-hybridized carbons (Fsp3) is 0.889. The summed E-state index contributed by atoms with van der Waals surface area (Å²) in [6.07, 6.45) is 0. The summed E-state index contributed by atoms with van der Waals surface area (Å²) in [7, 11) is 0. The topological polar surface area (TPSA) is 60.7 Å². The Kier molecular flexibility index (Phi) is 7.36. The van der Waals surface area contributed by atoms with Crippen molar-refractivity contribution in [1.82, 2.24) is 19.6 Å². The second-order valence-corrected chi connectivity index (χ2v) is 7.81. The summed E-state index contributed by atoms with van der Waals surface area (Å²) in [4.78, 5) is 8.63.